The SMILES string of the molecule is C[C@H](Oc1ccccc1F)C(=O)NNC(=O)c1ccc(-n2cccn2)nc1. The molecule has 0 aliphatic carbocycles. The molecule has 2 amide bonds. The average Bonchev–Trinajstić information content (AvgIpc) is 3.22. The van der Waals surface area contributed by atoms with Gasteiger partial charge in [0.1, 0.15) is 0 Å². The lowest BCUT2D eigenvalue weighted by atomic mass is 10.2. The Morgan fingerprint density at radius 2 is 1.96 bits per heavy atom. The molecule has 27 heavy (non-hydrogen) atoms. The third kappa shape index (κ3) is 4.46. The van der Waals surface area contributed by atoms with Crippen molar-refractivity contribution in [2.75, 3.05) is 0 Å². The van der Waals surface area contributed by atoms with Gasteiger partial charge in [-0.2, -0.15) is 5.10 Å². The number of benzene rings is 1. The van der Waals surface area contributed by atoms with Crippen molar-refractivity contribution in [1.82, 2.24) is 25.6 Å². The highest BCUT2D eigenvalue weighted by Crippen LogP contribution is 2.16. The number of rotatable bonds is 5. The van der Waals surface area contributed by atoms with Crippen LogP contribution in [0.15, 0.2) is 61.1 Å². The Bertz CT molecular complexity index is 928. The minimum atomic E-state index is -1.01. The molecule has 0 fully saturated rings. The molecule has 2 aromatic heterocycles. The fourth-order valence-corrected chi connectivity index (χ4v) is 2.14. The van der Waals surface area contributed by atoms with Crippen LogP contribution >= 0.6 is 0 Å². The van der Waals surface area contributed by atoms with Crippen LogP contribution in [0, 0.1) is 5.82 Å². The first kappa shape index (κ1) is 18.1. The van der Waals surface area contributed by atoms with Crippen LogP contribution in [0.4, 0.5) is 4.39 Å². The lowest BCUT2D eigenvalue weighted by Crippen LogP contribution is -2.47. The van der Waals surface area contributed by atoms with Gasteiger partial charge in [-0.1, -0.05) is 12.1 Å². The summed E-state index contributed by atoms with van der Waals surface area (Å²) in [6.45, 7) is 1.44. The number of carbonyl (C=O) groups is 2. The van der Waals surface area contributed by atoms with Gasteiger partial charge in [0.05, 0.1) is 5.56 Å². The van der Waals surface area contributed by atoms with Crippen LogP contribution in [-0.4, -0.2) is 32.7 Å². The number of ether oxygens (including phenoxy) is 1. The zero-order chi connectivity index (χ0) is 19.2. The van der Waals surface area contributed by atoms with Gasteiger partial charge in [-0.15, -0.1) is 0 Å². The van der Waals surface area contributed by atoms with Crippen LogP contribution in [-0.2, 0) is 4.79 Å². The molecule has 8 nitrogen and oxygen atoms in total. The first-order valence-corrected chi connectivity index (χ1v) is 8.02. The Kier molecular flexibility index (Phi) is 5.41. The predicted molar refractivity (Wildman–Crippen MR) is 93.5 cm³/mol. The molecule has 1 atom stereocenters. The summed E-state index contributed by atoms with van der Waals surface area (Å²) in [5, 5.41) is 4.04. The van der Waals surface area contributed by atoms with Crippen LogP contribution in [0.3, 0.4) is 0 Å². The van der Waals surface area contributed by atoms with Crippen molar-refractivity contribution in [3.63, 3.8) is 0 Å². The number of nitrogens with zero attached hydrogens (tertiary/aromatic N) is 3. The summed E-state index contributed by atoms with van der Waals surface area (Å²) in [6, 6.07) is 10.6. The summed E-state index contributed by atoms with van der Waals surface area (Å²) in [5.41, 5.74) is 4.74. The third-order valence-electron chi connectivity index (χ3n) is 3.56. The number of halogens is 1. The Hall–Kier alpha value is -3.75. The largest absolute Gasteiger partial charge is 0.478 e. The molecule has 0 aliphatic rings. The van der Waals surface area contributed by atoms with Gasteiger partial charge in [0.15, 0.2) is 23.5 Å². The van der Waals surface area contributed by atoms with Gasteiger partial charge in [0, 0.05) is 18.6 Å². The van der Waals surface area contributed by atoms with E-state index in [2.05, 4.69) is 20.9 Å². The highest BCUT2D eigenvalue weighted by atomic mass is 19.1. The molecule has 2 N–H and O–H groups in total. The molecule has 0 unspecified atom stereocenters. The number of amides is 2. The van der Waals surface area contributed by atoms with E-state index in [0.717, 1.165) is 0 Å². The maximum absolute atomic E-state index is 13.5. The summed E-state index contributed by atoms with van der Waals surface area (Å²) < 4.78 is 20.3. The number of aromatic nitrogens is 3. The number of hydrogen-bond donors (Lipinski definition) is 2. The van der Waals surface area contributed by atoms with Crippen LogP contribution in [0.5, 0.6) is 5.75 Å². The molecule has 0 radical (unpaired) electrons. The van der Waals surface area contributed by atoms with Gasteiger partial charge in [0.25, 0.3) is 11.8 Å². The number of pyridine rings is 1. The van der Waals surface area contributed by atoms with Gasteiger partial charge >= 0.3 is 0 Å². The topological polar surface area (TPSA) is 98.1 Å². The van der Waals surface area contributed by atoms with E-state index in [1.54, 1.807) is 41.3 Å². The van der Waals surface area contributed by atoms with Crippen molar-refractivity contribution < 1.29 is 18.7 Å². The fourth-order valence-electron chi connectivity index (χ4n) is 2.14. The quantitative estimate of drug-likeness (QED) is 0.666. The van der Waals surface area contributed by atoms with E-state index in [0.29, 0.717) is 5.82 Å². The summed E-state index contributed by atoms with van der Waals surface area (Å²) in [7, 11) is 0. The van der Waals surface area contributed by atoms with Crippen molar-refractivity contribution in [3.8, 4) is 11.6 Å². The second kappa shape index (κ2) is 8.09. The molecule has 9 heteroatoms. The second-order valence-corrected chi connectivity index (χ2v) is 5.49. The standard InChI is InChI=1S/C18H16FN5O3/c1-12(27-15-6-3-2-5-14(15)19)17(25)22-23-18(26)13-7-8-16(20-11-13)24-10-4-9-21-24/h2-12H,1H3,(H,22,25)(H,23,26)/t12-/m0/s1. The lowest BCUT2D eigenvalue weighted by Gasteiger charge is -2.15. The molecule has 3 rings (SSSR count). The van der Waals surface area contributed by atoms with Crippen molar-refractivity contribution >= 4 is 11.8 Å². The van der Waals surface area contributed by atoms with Crippen molar-refractivity contribution in [3.05, 3.63) is 72.4 Å². The number of para-hydroxylation sites is 1. The molecule has 0 aliphatic heterocycles. The number of hydrazine groups is 1. The van der Waals surface area contributed by atoms with E-state index >= 15 is 0 Å². The van der Waals surface area contributed by atoms with E-state index in [1.807, 2.05) is 0 Å². The summed E-state index contributed by atoms with van der Waals surface area (Å²) in [6.07, 6.45) is 3.68. The fraction of sp³-hybridized carbons (Fsp3) is 0.111. The monoisotopic (exact) mass is 369 g/mol. The summed E-state index contributed by atoms with van der Waals surface area (Å²) >= 11 is 0. The predicted octanol–water partition coefficient (Wildman–Crippen LogP) is 1.63. The minimum absolute atomic E-state index is 0.0510. The Balaban J connectivity index is 1.53. The van der Waals surface area contributed by atoms with E-state index in [-0.39, 0.29) is 11.3 Å². The van der Waals surface area contributed by atoms with Crippen molar-refractivity contribution in [2.24, 2.45) is 0 Å². The molecule has 0 saturated heterocycles. The van der Waals surface area contributed by atoms with Gasteiger partial charge in [-0.3, -0.25) is 20.4 Å². The average molecular weight is 369 g/mol. The maximum Gasteiger partial charge on any atom is 0.279 e. The molecule has 3 aromatic rings. The van der Waals surface area contributed by atoms with Gasteiger partial charge in [-0.05, 0) is 37.3 Å². The number of carbonyl (C=O) groups excluding carboxylic acids is 2. The van der Waals surface area contributed by atoms with E-state index in [1.165, 1.54) is 31.3 Å². The molecule has 0 bridgehead atoms. The molecule has 1 aromatic carbocycles. The molecule has 138 valence electrons. The number of hydrogen-bond acceptors (Lipinski definition) is 5. The van der Waals surface area contributed by atoms with E-state index in [4.69, 9.17) is 4.74 Å². The van der Waals surface area contributed by atoms with Crippen LogP contribution < -0.4 is 15.6 Å². The van der Waals surface area contributed by atoms with Crippen molar-refractivity contribution in [1.29, 1.82) is 0 Å². The van der Waals surface area contributed by atoms with Crippen molar-refractivity contribution in [2.45, 2.75) is 13.0 Å². The normalized spacial score (nSPS) is 11.5. The smallest absolute Gasteiger partial charge is 0.279 e. The summed E-state index contributed by atoms with van der Waals surface area (Å²) in [5.74, 6) is -1.27. The minimum Gasteiger partial charge on any atom is -0.478 e. The second-order valence-electron chi connectivity index (χ2n) is 5.49. The third-order valence-corrected chi connectivity index (χ3v) is 3.56. The Morgan fingerprint density at radius 3 is 2.63 bits per heavy atom. The summed E-state index contributed by atoms with van der Waals surface area (Å²) in [4.78, 5) is 28.2. The first-order chi connectivity index (χ1) is 13.0. The molecule has 2 heterocycles. The van der Waals surface area contributed by atoms with E-state index in [9.17, 15) is 14.0 Å². The lowest BCUT2D eigenvalue weighted by molar-refractivity contribution is -0.128. The first-order valence-electron chi connectivity index (χ1n) is 8.02. The Morgan fingerprint density at radius 1 is 1.15 bits per heavy atom. The van der Waals surface area contributed by atoms with Crippen LogP contribution in [0.1, 0.15) is 17.3 Å². The molecular weight excluding hydrogens is 353 g/mol. The van der Waals surface area contributed by atoms with Crippen LogP contribution in [0.2, 0.25) is 0 Å². The van der Waals surface area contributed by atoms with E-state index < -0.39 is 23.7 Å². The maximum atomic E-state index is 13.5. The molecule has 0 spiro atoms. The van der Waals surface area contributed by atoms with Gasteiger partial charge in [0.2, 0.25) is 0 Å². The van der Waals surface area contributed by atoms with Crippen LogP contribution in [0.25, 0.3) is 5.82 Å². The highest BCUT2D eigenvalue weighted by Gasteiger charge is 2.17. The Labute approximate surface area is 154 Å². The molecular formula is C18H16FN5O3. The highest BCUT2D eigenvalue weighted by molar-refractivity contribution is 5.95. The van der Waals surface area contributed by atoms with Gasteiger partial charge < -0.3 is 4.74 Å². The zero-order valence-electron chi connectivity index (χ0n) is 14.3. The van der Waals surface area contributed by atoms with Gasteiger partial charge in [-0.25, -0.2) is 14.1 Å². The number of nitrogens with one attached hydrogen (secondary N) is 2. The zero-order valence-corrected chi connectivity index (χ0v) is 14.3. The molecule has 0 saturated carbocycles.